The molecule has 0 unspecified atom stereocenters. The molecule has 0 amide bonds. The third-order valence-electron chi connectivity index (χ3n) is 2.08. The molecule has 0 radical (unpaired) electrons. The second-order valence-corrected chi connectivity index (χ2v) is 4.24. The molecule has 0 aliphatic heterocycles. The standard InChI is InChI=1S/C12H10N2O2S/c15-12(16)10-5-3-7-14-11(10)17-8-9-4-1-2-6-13-9/h1-7H,8H2,(H,15,16). The van der Waals surface area contributed by atoms with Gasteiger partial charge in [-0.2, -0.15) is 0 Å². The number of pyridine rings is 2. The van der Waals surface area contributed by atoms with E-state index >= 15 is 0 Å². The van der Waals surface area contributed by atoms with E-state index in [4.69, 9.17) is 5.11 Å². The van der Waals surface area contributed by atoms with E-state index in [1.165, 1.54) is 11.8 Å². The van der Waals surface area contributed by atoms with Gasteiger partial charge in [0.15, 0.2) is 0 Å². The maximum absolute atomic E-state index is 11.0. The number of hydrogen-bond acceptors (Lipinski definition) is 4. The van der Waals surface area contributed by atoms with Gasteiger partial charge in [0, 0.05) is 18.1 Å². The maximum Gasteiger partial charge on any atom is 0.338 e. The average molecular weight is 246 g/mol. The Kier molecular flexibility index (Phi) is 3.72. The summed E-state index contributed by atoms with van der Waals surface area (Å²) in [5.74, 6) is -0.348. The molecule has 2 heterocycles. The fourth-order valence-electron chi connectivity index (χ4n) is 1.29. The molecule has 1 N–H and O–H groups in total. The van der Waals surface area contributed by atoms with Crippen molar-refractivity contribution in [2.24, 2.45) is 0 Å². The van der Waals surface area contributed by atoms with Gasteiger partial charge in [-0.1, -0.05) is 17.8 Å². The molecular formula is C12H10N2O2S. The summed E-state index contributed by atoms with van der Waals surface area (Å²) in [5.41, 5.74) is 1.13. The number of hydrogen-bond donors (Lipinski definition) is 1. The Hall–Kier alpha value is -1.88. The molecule has 86 valence electrons. The zero-order valence-electron chi connectivity index (χ0n) is 8.91. The third-order valence-corrected chi connectivity index (χ3v) is 3.12. The lowest BCUT2D eigenvalue weighted by atomic mass is 10.3. The van der Waals surface area contributed by atoms with Crippen LogP contribution in [0.15, 0.2) is 47.8 Å². The van der Waals surface area contributed by atoms with Crippen molar-refractivity contribution in [2.45, 2.75) is 10.8 Å². The fraction of sp³-hybridized carbons (Fsp3) is 0.0833. The van der Waals surface area contributed by atoms with Crippen LogP contribution >= 0.6 is 11.8 Å². The van der Waals surface area contributed by atoms with E-state index < -0.39 is 5.97 Å². The Morgan fingerprint density at radius 3 is 2.71 bits per heavy atom. The van der Waals surface area contributed by atoms with Gasteiger partial charge in [0.1, 0.15) is 5.03 Å². The summed E-state index contributed by atoms with van der Waals surface area (Å²) >= 11 is 1.37. The van der Waals surface area contributed by atoms with Gasteiger partial charge in [0.25, 0.3) is 0 Å². The summed E-state index contributed by atoms with van der Waals surface area (Å²) in [5, 5.41) is 9.51. The number of thioether (sulfide) groups is 1. The smallest absolute Gasteiger partial charge is 0.338 e. The van der Waals surface area contributed by atoms with Crippen LogP contribution in [0.25, 0.3) is 0 Å². The highest BCUT2D eigenvalue weighted by molar-refractivity contribution is 7.98. The number of carboxylic acid groups (broad SMARTS) is 1. The number of aromatic carboxylic acids is 1. The summed E-state index contributed by atoms with van der Waals surface area (Å²) in [6.07, 6.45) is 3.31. The van der Waals surface area contributed by atoms with Crippen LogP contribution in [0.4, 0.5) is 0 Å². The van der Waals surface area contributed by atoms with E-state index in [9.17, 15) is 4.79 Å². The highest BCUT2D eigenvalue weighted by Crippen LogP contribution is 2.23. The molecule has 17 heavy (non-hydrogen) atoms. The molecule has 0 saturated carbocycles. The van der Waals surface area contributed by atoms with Crippen LogP contribution in [0.3, 0.4) is 0 Å². The first-order chi connectivity index (χ1) is 8.27. The number of carbonyl (C=O) groups is 1. The summed E-state index contributed by atoms with van der Waals surface area (Å²) in [6.45, 7) is 0. The van der Waals surface area contributed by atoms with Gasteiger partial charge in [0.05, 0.1) is 11.3 Å². The van der Waals surface area contributed by atoms with Crippen molar-refractivity contribution < 1.29 is 9.90 Å². The molecule has 0 atom stereocenters. The number of nitrogens with zero attached hydrogens (tertiary/aromatic N) is 2. The van der Waals surface area contributed by atoms with Crippen LogP contribution in [-0.4, -0.2) is 21.0 Å². The second-order valence-electron chi connectivity index (χ2n) is 3.27. The quantitative estimate of drug-likeness (QED) is 0.839. The van der Waals surface area contributed by atoms with Crippen molar-refractivity contribution in [3.63, 3.8) is 0 Å². The number of aromatic nitrogens is 2. The molecule has 5 heteroatoms. The highest BCUT2D eigenvalue weighted by atomic mass is 32.2. The Labute approximate surface area is 103 Å². The van der Waals surface area contributed by atoms with Gasteiger partial charge in [-0.3, -0.25) is 4.98 Å². The van der Waals surface area contributed by atoms with E-state index in [-0.39, 0.29) is 5.56 Å². The molecule has 0 bridgehead atoms. The Balaban J connectivity index is 2.12. The maximum atomic E-state index is 11.0. The number of carboxylic acids is 1. The first kappa shape index (κ1) is 11.6. The van der Waals surface area contributed by atoms with E-state index in [1.54, 1.807) is 24.5 Å². The van der Waals surface area contributed by atoms with Crippen LogP contribution in [0.2, 0.25) is 0 Å². The summed E-state index contributed by atoms with van der Waals surface area (Å²) < 4.78 is 0. The molecule has 0 aliphatic carbocycles. The van der Waals surface area contributed by atoms with Gasteiger partial charge in [-0.25, -0.2) is 9.78 Å². The minimum Gasteiger partial charge on any atom is -0.478 e. The molecule has 0 aromatic carbocycles. The molecule has 2 aromatic rings. The van der Waals surface area contributed by atoms with E-state index in [0.717, 1.165) is 5.69 Å². The lowest BCUT2D eigenvalue weighted by Gasteiger charge is -2.03. The van der Waals surface area contributed by atoms with Crippen molar-refractivity contribution in [3.05, 3.63) is 54.0 Å². The van der Waals surface area contributed by atoms with Crippen LogP contribution in [0, 0.1) is 0 Å². The molecule has 0 spiro atoms. The Bertz CT molecular complexity index is 517. The minimum absolute atomic E-state index is 0.230. The van der Waals surface area contributed by atoms with Crippen LogP contribution < -0.4 is 0 Å². The summed E-state index contributed by atoms with van der Waals surface area (Å²) in [6, 6.07) is 8.82. The van der Waals surface area contributed by atoms with Gasteiger partial charge in [0.2, 0.25) is 0 Å². The molecule has 4 nitrogen and oxygen atoms in total. The zero-order valence-corrected chi connectivity index (χ0v) is 9.72. The summed E-state index contributed by atoms with van der Waals surface area (Å²) in [7, 11) is 0. The normalized spacial score (nSPS) is 10.1. The second kappa shape index (κ2) is 5.45. The van der Waals surface area contributed by atoms with Crippen LogP contribution in [0.5, 0.6) is 0 Å². The summed E-state index contributed by atoms with van der Waals surface area (Å²) in [4.78, 5) is 19.2. The van der Waals surface area contributed by atoms with Crippen molar-refractivity contribution in [1.29, 1.82) is 0 Å². The van der Waals surface area contributed by atoms with Crippen LogP contribution in [-0.2, 0) is 5.75 Å². The van der Waals surface area contributed by atoms with Gasteiger partial charge >= 0.3 is 5.97 Å². The monoisotopic (exact) mass is 246 g/mol. The van der Waals surface area contributed by atoms with Crippen molar-refractivity contribution in [1.82, 2.24) is 9.97 Å². The van der Waals surface area contributed by atoms with Gasteiger partial charge < -0.3 is 5.11 Å². The Morgan fingerprint density at radius 1 is 1.18 bits per heavy atom. The molecule has 0 saturated heterocycles. The molecule has 2 rings (SSSR count). The van der Waals surface area contributed by atoms with Crippen LogP contribution in [0.1, 0.15) is 16.1 Å². The molecule has 0 aliphatic rings. The van der Waals surface area contributed by atoms with Crippen molar-refractivity contribution in [2.75, 3.05) is 0 Å². The lowest BCUT2D eigenvalue weighted by molar-refractivity contribution is 0.0692. The topological polar surface area (TPSA) is 63.1 Å². The van der Waals surface area contributed by atoms with E-state index in [0.29, 0.717) is 10.8 Å². The average Bonchev–Trinajstić information content (AvgIpc) is 2.38. The van der Waals surface area contributed by atoms with Crippen molar-refractivity contribution in [3.8, 4) is 0 Å². The zero-order chi connectivity index (χ0) is 12.1. The fourth-order valence-corrected chi connectivity index (χ4v) is 2.20. The van der Waals surface area contributed by atoms with E-state index in [1.807, 2.05) is 18.2 Å². The SMILES string of the molecule is O=C(O)c1cccnc1SCc1ccccn1. The third kappa shape index (κ3) is 3.04. The van der Waals surface area contributed by atoms with Crippen molar-refractivity contribution >= 4 is 17.7 Å². The largest absolute Gasteiger partial charge is 0.478 e. The van der Waals surface area contributed by atoms with Gasteiger partial charge in [-0.05, 0) is 24.3 Å². The Morgan fingerprint density at radius 2 is 2.00 bits per heavy atom. The van der Waals surface area contributed by atoms with E-state index in [2.05, 4.69) is 9.97 Å². The highest BCUT2D eigenvalue weighted by Gasteiger charge is 2.10. The lowest BCUT2D eigenvalue weighted by Crippen LogP contribution is -2.00. The first-order valence-electron chi connectivity index (χ1n) is 4.98. The molecular weight excluding hydrogens is 236 g/mol. The molecule has 2 aromatic heterocycles. The first-order valence-corrected chi connectivity index (χ1v) is 5.97. The minimum atomic E-state index is -0.957. The predicted octanol–water partition coefficient (Wildman–Crippen LogP) is 2.47. The predicted molar refractivity (Wildman–Crippen MR) is 65.0 cm³/mol. The molecule has 0 fully saturated rings. The van der Waals surface area contributed by atoms with Gasteiger partial charge in [-0.15, -0.1) is 0 Å². The number of rotatable bonds is 4.